The predicted molar refractivity (Wildman–Crippen MR) is 112 cm³/mol. The molecule has 1 aromatic carbocycles. The number of carbonyl (C=O) groups excluding carboxylic acids is 1. The summed E-state index contributed by atoms with van der Waals surface area (Å²) in [5.74, 6) is -0.517. The number of amides is 1. The number of sulfonamides is 1. The van der Waals surface area contributed by atoms with Crippen molar-refractivity contribution in [2.45, 2.75) is 17.7 Å². The summed E-state index contributed by atoms with van der Waals surface area (Å²) < 4.78 is 26.8. The van der Waals surface area contributed by atoms with Crippen molar-refractivity contribution < 1.29 is 13.2 Å². The SMILES string of the molecule is Nc1ncc(-c2ccc(S(=O)(=O)N3CCCC3)cc2)nc1C(=O)Nc1cccnc1. The molecule has 1 amide bonds. The van der Waals surface area contributed by atoms with Crippen LogP contribution in [0.15, 0.2) is 59.9 Å². The third kappa shape index (κ3) is 4.00. The molecule has 0 atom stereocenters. The van der Waals surface area contributed by atoms with Gasteiger partial charge in [-0.25, -0.2) is 18.4 Å². The first-order chi connectivity index (χ1) is 14.4. The van der Waals surface area contributed by atoms with Gasteiger partial charge < -0.3 is 11.1 Å². The third-order valence-electron chi connectivity index (χ3n) is 4.79. The van der Waals surface area contributed by atoms with E-state index >= 15 is 0 Å². The second kappa shape index (κ2) is 8.17. The average Bonchev–Trinajstić information content (AvgIpc) is 3.31. The highest BCUT2D eigenvalue weighted by atomic mass is 32.2. The molecule has 9 nitrogen and oxygen atoms in total. The Labute approximate surface area is 174 Å². The minimum atomic E-state index is -3.49. The van der Waals surface area contributed by atoms with Crippen LogP contribution in [-0.4, -0.2) is 46.7 Å². The highest BCUT2D eigenvalue weighted by Gasteiger charge is 2.27. The lowest BCUT2D eigenvalue weighted by Crippen LogP contribution is -2.27. The van der Waals surface area contributed by atoms with Gasteiger partial charge in [0.15, 0.2) is 11.5 Å². The van der Waals surface area contributed by atoms with Crippen molar-refractivity contribution in [3.63, 3.8) is 0 Å². The number of nitrogens with zero attached hydrogens (tertiary/aromatic N) is 4. The van der Waals surface area contributed by atoms with E-state index in [0.717, 1.165) is 12.8 Å². The molecule has 10 heteroatoms. The molecule has 0 spiro atoms. The Balaban J connectivity index is 1.58. The summed E-state index contributed by atoms with van der Waals surface area (Å²) in [5.41, 5.74) is 7.35. The number of nitrogens with two attached hydrogens (primary N) is 1. The van der Waals surface area contributed by atoms with Crippen LogP contribution in [0.5, 0.6) is 0 Å². The molecule has 1 aliphatic heterocycles. The van der Waals surface area contributed by atoms with Crippen molar-refractivity contribution in [2.24, 2.45) is 0 Å². The predicted octanol–water partition coefficient (Wildman–Crippen LogP) is 2.16. The maximum atomic E-state index is 12.7. The molecule has 3 N–H and O–H groups in total. The van der Waals surface area contributed by atoms with E-state index < -0.39 is 15.9 Å². The van der Waals surface area contributed by atoms with E-state index in [1.165, 1.54) is 28.8 Å². The first kappa shape index (κ1) is 19.9. The zero-order valence-corrected chi connectivity index (χ0v) is 16.8. The summed E-state index contributed by atoms with van der Waals surface area (Å²) in [4.78, 5) is 25.1. The second-order valence-electron chi connectivity index (χ2n) is 6.82. The first-order valence-corrected chi connectivity index (χ1v) is 10.8. The fourth-order valence-electron chi connectivity index (χ4n) is 3.21. The maximum absolute atomic E-state index is 12.7. The van der Waals surface area contributed by atoms with Gasteiger partial charge in [-0.2, -0.15) is 4.31 Å². The van der Waals surface area contributed by atoms with Crippen LogP contribution in [0.1, 0.15) is 23.3 Å². The van der Waals surface area contributed by atoms with Gasteiger partial charge in [-0.3, -0.25) is 9.78 Å². The van der Waals surface area contributed by atoms with Crippen LogP contribution in [0, 0.1) is 0 Å². The van der Waals surface area contributed by atoms with E-state index in [1.807, 2.05) is 0 Å². The number of pyridine rings is 1. The van der Waals surface area contributed by atoms with Crippen LogP contribution in [0.4, 0.5) is 11.5 Å². The molecule has 4 rings (SSSR count). The lowest BCUT2D eigenvalue weighted by molar-refractivity contribution is 0.102. The molecule has 0 saturated carbocycles. The summed E-state index contributed by atoms with van der Waals surface area (Å²) in [5, 5.41) is 2.67. The monoisotopic (exact) mass is 424 g/mol. The zero-order chi connectivity index (χ0) is 21.1. The molecular formula is C20H20N6O3S. The number of hydrogen-bond acceptors (Lipinski definition) is 7. The second-order valence-corrected chi connectivity index (χ2v) is 8.76. The Morgan fingerprint density at radius 1 is 1.07 bits per heavy atom. The largest absolute Gasteiger partial charge is 0.382 e. The molecule has 0 radical (unpaired) electrons. The van der Waals surface area contributed by atoms with Gasteiger partial charge in [0.1, 0.15) is 0 Å². The molecule has 1 aliphatic rings. The van der Waals surface area contributed by atoms with Crippen LogP contribution in [0.2, 0.25) is 0 Å². The van der Waals surface area contributed by atoms with Gasteiger partial charge in [0, 0.05) is 24.8 Å². The molecule has 2 aromatic heterocycles. The van der Waals surface area contributed by atoms with Crippen molar-refractivity contribution in [1.29, 1.82) is 0 Å². The number of aromatic nitrogens is 3. The number of hydrogen-bond donors (Lipinski definition) is 2. The molecule has 3 heterocycles. The smallest absolute Gasteiger partial charge is 0.278 e. The minimum absolute atomic E-state index is 0.00614. The fraction of sp³-hybridized carbons (Fsp3) is 0.200. The minimum Gasteiger partial charge on any atom is -0.382 e. The van der Waals surface area contributed by atoms with Gasteiger partial charge in [0.25, 0.3) is 5.91 Å². The highest BCUT2D eigenvalue weighted by molar-refractivity contribution is 7.89. The number of nitrogen functional groups attached to an aromatic ring is 1. The molecular weight excluding hydrogens is 404 g/mol. The van der Waals surface area contributed by atoms with Crippen LogP contribution in [-0.2, 0) is 10.0 Å². The number of benzene rings is 1. The highest BCUT2D eigenvalue weighted by Crippen LogP contribution is 2.24. The van der Waals surface area contributed by atoms with Crippen molar-refractivity contribution in [2.75, 3.05) is 24.1 Å². The van der Waals surface area contributed by atoms with Crippen LogP contribution < -0.4 is 11.1 Å². The van der Waals surface area contributed by atoms with E-state index in [2.05, 4.69) is 20.3 Å². The summed E-state index contributed by atoms with van der Waals surface area (Å²) in [6.07, 6.45) is 6.30. The quantitative estimate of drug-likeness (QED) is 0.641. The van der Waals surface area contributed by atoms with Gasteiger partial charge in [0.05, 0.1) is 28.7 Å². The zero-order valence-electron chi connectivity index (χ0n) is 16.0. The number of anilines is 2. The van der Waals surface area contributed by atoms with E-state index in [-0.39, 0.29) is 16.4 Å². The Morgan fingerprint density at radius 3 is 2.47 bits per heavy atom. The lowest BCUT2D eigenvalue weighted by Gasteiger charge is -2.15. The summed E-state index contributed by atoms with van der Waals surface area (Å²) in [7, 11) is -3.49. The van der Waals surface area contributed by atoms with E-state index in [4.69, 9.17) is 5.73 Å². The Morgan fingerprint density at radius 2 is 1.80 bits per heavy atom. The molecule has 1 saturated heterocycles. The number of nitrogens with one attached hydrogen (secondary N) is 1. The Hall–Kier alpha value is -3.37. The molecule has 3 aromatic rings. The maximum Gasteiger partial charge on any atom is 0.278 e. The van der Waals surface area contributed by atoms with Crippen molar-refractivity contribution in [3.05, 3.63) is 60.7 Å². The van der Waals surface area contributed by atoms with Crippen molar-refractivity contribution in [1.82, 2.24) is 19.3 Å². The topological polar surface area (TPSA) is 131 Å². The molecule has 0 bridgehead atoms. The van der Waals surface area contributed by atoms with Gasteiger partial charge in [-0.1, -0.05) is 12.1 Å². The van der Waals surface area contributed by atoms with Gasteiger partial charge >= 0.3 is 0 Å². The fourth-order valence-corrected chi connectivity index (χ4v) is 4.72. The van der Waals surface area contributed by atoms with Crippen molar-refractivity contribution >= 4 is 27.4 Å². The van der Waals surface area contributed by atoms with E-state index in [1.54, 1.807) is 30.5 Å². The van der Waals surface area contributed by atoms with Gasteiger partial charge in [-0.05, 0) is 37.1 Å². The Kier molecular flexibility index (Phi) is 5.42. The normalized spacial score (nSPS) is 14.5. The molecule has 30 heavy (non-hydrogen) atoms. The molecule has 0 unspecified atom stereocenters. The molecule has 154 valence electrons. The van der Waals surface area contributed by atoms with Gasteiger partial charge in [-0.15, -0.1) is 0 Å². The standard InChI is InChI=1S/C20H20N6O3S/c21-19-18(20(27)24-15-4-3-9-22-12-15)25-17(13-23-19)14-5-7-16(8-6-14)30(28,29)26-10-1-2-11-26/h3-9,12-13H,1-2,10-11H2,(H2,21,23)(H,24,27). The summed E-state index contributed by atoms with van der Waals surface area (Å²) in [6.45, 7) is 1.09. The Bertz CT molecular complexity index is 1160. The summed E-state index contributed by atoms with van der Waals surface area (Å²) >= 11 is 0. The van der Waals surface area contributed by atoms with E-state index in [9.17, 15) is 13.2 Å². The third-order valence-corrected chi connectivity index (χ3v) is 6.70. The number of rotatable bonds is 5. The van der Waals surface area contributed by atoms with Crippen molar-refractivity contribution in [3.8, 4) is 11.3 Å². The molecule has 1 fully saturated rings. The van der Waals surface area contributed by atoms with Crippen LogP contribution >= 0.6 is 0 Å². The van der Waals surface area contributed by atoms with Gasteiger partial charge in [0.2, 0.25) is 10.0 Å². The lowest BCUT2D eigenvalue weighted by atomic mass is 10.1. The first-order valence-electron chi connectivity index (χ1n) is 9.39. The van der Waals surface area contributed by atoms with Crippen LogP contribution in [0.25, 0.3) is 11.3 Å². The number of carbonyl (C=O) groups is 1. The molecule has 0 aliphatic carbocycles. The van der Waals surface area contributed by atoms with Crippen LogP contribution in [0.3, 0.4) is 0 Å². The average molecular weight is 424 g/mol. The van der Waals surface area contributed by atoms with E-state index in [0.29, 0.717) is 30.0 Å². The summed E-state index contributed by atoms with van der Waals surface area (Å²) in [6, 6.07) is 9.75.